The summed E-state index contributed by atoms with van der Waals surface area (Å²) in [5.74, 6) is -1.90. The molecule has 138 valence electrons. The van der Waals surface area contributed by atoms with Gasteiger partial charge in [-0.2, -0.15) is 0 Å². The predicted molar refractivity (Wildman–Crippen MR) is 90.0 cm³/mol. The highest BCUT2D eigenvalue weighted by Crippen LogP contribution is 2.29. The molecule has 0 bridgehead atoms. The number of carbonyl (C=O) groups excluding carboxylic acids is 1. The zero-order valence-electron chi connectivity index (χ0n) is 12.8. The maximum absolute atomic E-state index is 13.5. The van der Waals surface area contributed by atoms with Crippen LogP contribution in [0.3, 0.4) is 0 Å². The lowest BCUT2D eigenvalue weighted by Gasteiger charge is -2.09. The Labute approximate surface area is 151 Å². The number of nitrogens with zero attached hydrogens (tertiary/aromatic N) is 1. The van der Waals surface area contributed by atoms with E-state index >= 15 is 0 Å². The van der Waals surface area contributed by atoms with Crippen molar-refractivity contribution in [3.8, 4) is 5.75 Å². The number of hydrogen-bond donors (Lipinski definition) is 2. The molecule has 2 rings (SSSR count). The van der Waals surface area contributed by atoms with Crippen molar-refractivity contribution in [2.45, 2.75) is 4.90 Å². The molecule has 0 spiro atoms. The number of rotatable bonds is 6. The number of nitro benzene ring substituents is 1. The van der Waals surface area contributed by atoms with Crippen molar-refractivity contribution in [2.75, 3.05) is 11.9 Å². The first-order valence-electron chi connectivity index (χ1n) is 6.77. The Balaban J connectivity index is 2.14. The lowest BCUT2D eigenvalue weighted by molar-refractivity contribution is -0.386. The van der Waals surface area contributed by atoms with Gasteiger partial charge in [0, 0.05) is 11.1 Å². The van der Waals surface area contributed by atoms with Crippen LogP contribution in [0.4, 0.5) is 15.8 Å². The van der Waals surface area contributed by atoms with E-state index in [4.69, 9.17) is 21.5 Å². The Hall–Kier alpha value is -2.76. The van der Waals surface area contributed by atoms with Crippen molar-refractivity contribution >= 4 is 38.9 Å². The number of ether oxygens (including phenoxy) is 1. The van der Waals surface area contributed by atoms with Crippen LogP contribution in [0.2, 0.25) is 5.02 Å². The summed E-state index contributed by atoms with van der Waals surface area (Å²) in [6.07, 6.45) is 0. The quantitative estimate of drug-likeness (QED) is 0.558. The van der Waals surface area contributed by atoms with Crippen molar-refractivity contribution in [2.24, 2.45) is 5.14 Å². The van der Waals surface area contributed by atoms with Crippen LogP contribution in [0, 0.1) is 15.9 Å². The molecule has 0 heterocycles. The van der Waals surface area contributed by atoms with Crippen LogP contribution in [0.15, 0.2) is 41.3 Å². The third-order valence-corrected chi connectivity index (χ3v) is 4.16. The topological polar surface area (TPSA) is 142 Å². The van der Waals surface area contributed by atoms with E-state index in [1.165, 1.54) is 12.1 Å². The maximum atomic E-state index is 13.5. The third kappa shape index (κ3) is 4.88. The molecule has 9 nitrogen and oxygen atoms in total. The molecule has 2 aromatic carbocycles. The third-order valence-electron chi connectivity index (χ3n) is 3.02. The van der Waals surface area contributed by atoms with E-state index < -0.39 is 43.9 Å². The molecule has 1 amide bonds. The average Bonchev–Trinajstić information content (AvgIpc) is 2.55. The molecule has 0 aliphatic carbocycles. The number of nitrogens with one attached hydrogen (secondary N) is 1. The van der Waals surface area contributed by atoms with Crippen LogP contribution < -0.4 is 15.2 Å². The lowest BCUT2D eigenvalue weighted by Crippen LogP contribution is -2.21. The standard InChI is InChI=1S/C14H11ClFN3O6S/c15-8-1-3-10(16)11(5-8)18-14(20)7-25-13-4-2-9(26(17,23)24)6-12(13)19(21)22/h1-6H,7H2,(H,18,20)(H2,17,23,24). The zero-order valence-corrected chi connectivity index (χ0v) is 14.4. The molecule has 0 unspecified atom stereocenters. The summed E-state index contributed by atoms with van der Waals surface area (Å²) in [5, 5.41) is 18.3. The molecule has 2 aromatic rings. The first kappa shape index (κ1) is 19.6. The Bertz CT molecular complexity index is 983. The van der Waals surface area contributed by atoms with Crippen LogP contribution in [-0.2, 0) is 14.8 Å². The van der Waals surface area contributed by atoms with Crippen molar-refractivity contribution in [1.82, 2.24) is 0 Å². The monoisotopic (exact) mass is 403 g/mol. The van der Waals surface area contributed by atoms with Gasteiger partial charge in [-0.15, -0.1) is 0 Å². The van der Waals surface area contributed by atoms with E-state index in [0.717, 1.165) is 18.2 Å². The molecule has 3 N–H and O–H groups in total. The van der Waals surface area contributed by atoms with Gasteiger partial charge in [0.2, 0.25) is 10.0 Å². The first-order chi connectivity index (χ1) is 12.1. The summed E-state index contributed by atoms with van der Waals surface area (Å²) in [6.45, 7) is -0.693. The minimum absolute atomic E-state index is 0.190. The fourth-order valence-corrected chi connectivity index (χ4v) is 2.57. The molecule has 0 aliphatic rings. The van der Waals surface area contributed by atoms with Gasteiger partial charge in [0.25, 0.3) is 5.91 Å². The number of halogens is 2. The van der Waals surface area contributed by atoms with Gasteiger partial charge in [0.05, 0.1) is 15.5 Å². The second-order valence-corrected chi connectivity index (χ2v) is 6.89. The molecule has 0 radical (unpaired) electrons. The highest BCUT2D eigenvalue weighted by molar-refractivity contribution is 7.89. The van der Waals surface area contributed by atoms with E-state index in [2.05, 4.69) is 5.32 Å². The Kier molecular flexibility index (Phi) is 5.75. The largest absolute Gasteiger partial charge is 0.477 e. The Morgan fingerprint density at radius 2 is 2.00 bits per heavy atom. The number of hydrogen-bond acceptors (Lipinski definition) is 6. The SMILES string of the molecule is NS(=O)(=O)c1ccc(OCC(=O)Nc2cc(Cl)ccc2F)c([N+](=O)[O-])c1. The fraction of sp³-hybridized carbons (Fsp3) is 0.0714. The molecular weight excluding hydrogens is 393 g/mol. The second-order valence-electron chi connectivity index (χ2n) is 4.89. The van der Waals surface area contributed by atoms with Gasteiger partial charge in [-0.3, -0.25) is 14.9 Å². The van der Waals surface area contributed by atoms with Crippen LogP contribution in [0.25, 0.3) is 0 Å². The highest BCUT2D eigenvalue weighted by atomic mass is 35.5. The van der Waals surface area contributed by atoms with Crippen LogP contribution in [-0.4, -0.2) is 25.9 Å². The summed E-state index contributed by atoms with van der Waals surface area (Å²) in [6, 6.07) is 6.21. The van der Waals surface area contributed by atoms with E-state index in [9.17, 15) is 27.7 Å². The predicted octanol–water partition coefficient (Wildman–Crippen LogP) is 2.05. The number of nitrogens with two attached hydrogens (primary N) is 1. The van der Waals surface area contributed by atoms with E-state index in [1.807, 2.05) is 0 Å². The summed E-state index contributed by atoms with van der Waals surface area (Å²) in [5.41, 5.74) is -0.886. The zero-order chi connectivity index (χ0) is 19.5. The smallest absolute Gasteiger partial charge is 0.312 e. The number of nitro groups is 1. The van der Waals surface area contributed by atoms with E-state index in [-0.39, 0.29) is 16.5 Å². The minimum Gasteiger partial charge on any atom is -0.477 e. The summed E-state index contributed by atoms with van der Waals surface area (Å²) in [7, 11) is -4.15. The number of primary sulfonamides is 1. The van der Waals surface area contributed by atoms with Crippen molar-refractivity contribution in [3.05, 3.63) is 57.4 Å². The van der Waals surface area contributed by atoms with Gasteiger partial charge in [0.15, 0.2) is 12.4 Å². The second kappa shape index (κ2) is 7.64. The molecule has 12 heteroatoms. The van der Waals surface area contributed by atoms with Crippen molar-refractivity contribution in [3.63, 3.8) is 0 Å². The number of amides is 1. The van der Waals surface area contributed by atoms with Gasteiger partial charge in [-0.1, -0.05) is 11.6 Å². The lowest BCUT2D eigenvalue weighted by atomic mass is 10.3. The van der Waals surface area contributed by atoms with Crippen LogP contribution in [0.1, 0.15) is 0 Å². The summed E-state index contributed by atoms with van der Waals surface area (Å²) < 4.78 is 41.1. The fourth-order valence-electron chi connectivity index (χ4n) is 1.86. The molecular formula is C14H11ClFN3O6S. The summed E-state index contributed by atoms with van der Waals surface area (Å²) >= 11 is 5.70. The average molecular weight is 404 g/mol. The van der Waals surface area contributed by atoms with Crippen LogP contribution in [0.5, 0.6) is 5.75 Å². The van der Waals surface area contributed by atoms with E-state index in [1.54, 1.807) is 0 Å². The first-order valence-corrected chi connectivity index (χ1v) is 8.69. The molecule has 0 aliphatic heterocycles. The number of anilines is 1. The summed E-state index contributed by atoms with van der Waals surface area (Å²) in [4.78, 5) is 21.5. The van der Waals surface area contributed by atoms with Gasteiger partial charge < -0.3 is 10.1 Å². The van der Waals surface area contributed by atoms with Gasteiger partial charge in [0.1, 0.15) is 5.82 Å². The van der Waals surface area contributed by atoms with Gasteiger partial charge in [-0.05, 0) is 30.3 Å². The van der Waals surface area contributed by atoms with Crippen molar-refractivity contribution < 1.29 is 27.3 Å². The molecule has 0 atom stereocenters. The van der Waals surface area contributed by atoms with E-state index in [0.29, 0.717) is 6.07 Å². The Morgan fingerprint density at radius 3 is 2.62 bits per heavy atom. The number of benzene rings is 2. The molecule has 0 aromatic heterocycles. The van der Waals surface area contributed by atoms with Gasteiger partial charge >= 0.3 is 5.69 Å². The molecule has 0 saturated carbocycles. The van der Waals surface area contributed by atoms with Crippen molar-refractivity contribution in [1.29, 1.82) is 0 Å². The molecule has 0 fully saturated rings. The molecule has 26 heavy (non-hydrogen) atoms. The Morgan fingerprint density at radius 1 is 1.31 bits per heavy atom. The molecule has 0 saturated heterocycles. The van der Waals surface area contributed by atoms with Gasteiger partial charge in [-0.25, -0.2) is 17.9 Å². The number of carbonyl (C=O) groups is 1. The normalized spacial score (nSPS) is 11.0. The number of sulfonamides is 1. The van der Waals surface area contributed by atoms with Crippen LogP contribution >= 0.6 is 11.6 Å². The maximum Gasteiger partial charge on any atom is 0.312 e. The minimum atomic E-state index is -4.15. The highest BCUT2D eigenvalue weighted by Gasteiger charge is 2.21.